The molecule has 3 aromatic carbocycles. The summed E-state index contributed by atoms with van der Waals surface area (Å²) < 4.78 is 0. The highest BCUT2D eigenvalue weighted by molar-refractivity contribution is 6.58. The number of fused-ring (bicyclic) bond motifs is 3. The van der Waals surface area contributed by atoms with Crippen molar-refractivity contribution in [3.8, 4) is 22.3 Å². The normalized spacial score (nSPS) is 14.2. The molecule has 0 radical (unpaired) electrons. The molecule has 0 aromatic heterocycles. The number of hydrogen-bond donors (Lipinski definition) is 2. The lowest BCUT2D eigenvalue weighted by Crippen LogP contribution is -2.31. The second-order valence-corrected chi connectivity index (χ2v) is 6.93. The quantitative estimate of drug-likeness (QED) is 0.712. The van der Waals surface area contributed by atoms with Crippen LogP contribution in [0, 0.1) is 0 Å². The smallest absolute Gasteiger partial charge is 0.423 e. The van der Waals surface area contributed by atoms with Crippen molar-refractivity contribution in [3.63, 3.8) is 0 Å². The lowest BCUT2D eigenvalue weighted by atomic mass is 9.75. The topological polar surface area (TPSA) is 40.5 Å². The Kier molecular flexibility index (Phi) is 3.38. The Balaban J connectivity index is 1.89. The third-order valence-corrected chi connectivity index (χ3v) is 5.11. The van der Waals surface area contributed by atoms with Crippen LogP contribution < -0.4 is 5.46 Å². The second-order valence-electron chi connectivity index (χ2n) is 6.93. The van der Waals surface area contributed by atoms with Gasteiger partial charge in [0.2, 0.25) is 0 Å². The summed E-state index contributed by atoms with van der Waals surface area (Å²) in [6, 6.07) is 22.7. The van der Waals surface area contributed by atoms with Crippen LogP contribution in [0.2, 0.25) is 0 Å². The molecule has 1 aliphatic rings. The summed E-state index contributed by atoms with van der Waals surface area (Å²) in [6.07, 6.45) is 0. The van der Waals surface area contributed by atoms with Crippen LogP contribution in [0.25, 0.3) is 22.3 Å². The molecule has 0 aliphatic heterocycles. The van der Waals surface area contributed by atoms with E-state index < -0.39 is 7.12 Å². The number of hydrogen-bond acceptors (Lipinski definition) is 2. The van der Waals surface area contributed by atoms with Crippen molar-refractivity contribution < 1.29 is 10.0 Å². The molecule has 3 heteroatoms. The molecule has 0 unspecified atom stereocenters. The average molecular weight is 314 g/mol. The van der Waals surface area contributed by atoms with Crippen LogP contribution >= 0.6 is 0 Å². The van der Waals surface area contributed by atoms with E-state index in [9.17, 15) is 10.0 Å². The minimum Gasteiger partial charge on any atom is -0.423 e. The molecule has 118 valence electrons. The highest BCUT2D eigenvalue weighted by Crippen LogP contribution is 2.49. The van der Waals surface area contributed by atoms with E-state index in [-0.39, 0.29) is 5.41 Å². The first kappa shape index (κ1) is 15.2. The largest absolute Gasteiger partial charge is 0.488 e. The maximum absolute atomic E-state index is 9.49. The van der Waals surface area contributed by atoms with Crippen molar-refractivity contribution in [2.75, 3.05) is 0 Å². The predicted octanol–water partition coefficient (Wildman–Crippen LogP) is 3.34. The van der Waals surface area contributed by atoms with Crippen LogP contribution in [-0.2, 0) is 5.41 Å². The molecule has 24 heavy (non-hydrogen) atoms. The molecule has 2 nitrogen and oxygen atoms in total. The fourth-order valence-corrected chi connectivity index (χ4v) is 3.73. The van der Waals surface area contributed by atoms with Crippen LogP contribution in [0.1, 0.15) is 25.0 Å². The van der Waals surface area contributed by atoms with Crippen molar-refractivity contribution in [2.45, 2.75) is 19.3 Å². The Hall–Kier alpha value is -2.36. The van der Waals surface area contributed by atoms with Gasteiger partial charge in [-0.1, -0.05) is 74.5 Å². The fraction of sp³-hybridized carbons (Fsp3) is 0.143. The highest BCUT2D eigenvalue weighted by atomic mass is 16.4. The molecule has 0 atom stereocenters. The van der Waals surface area contributed by atoms with Gasteiger partial charge in [-0.25, -0.2) is 0 Å². The second kappa shape index (κ2) is 5.33. The third-order valence-electron chi connectivity index (χ3n) is 5.11. The van der Waals surface area contributed by atoms with E-state index in [0.717, 1.165) is 5.56 Å². The van der Waals surface area contributed by atoms with Crippen molar-refractivity contribution >= 4 is 12.6 Å². The molecule has 0 fully saturated rings. The summed E-state index contributed by atoms with van der Waals surface area (Å²) in [5, 5.41) is 19.0. The van der Waals surface area contributed by atoms with E-state index in [4.69, 9.17) is 0 Å². The standard InChI is InChI=1S/C21H19BO2/c1-21(2)19-12-15(14-6-4-3-5-7-14)8-10-17(19)18-11-9-16(22(23)24)13-20(18)21/h3-13,23-24H,1-2H3. The lowest BCUT2D eigenvalue weighted by Gasteiger charge is -2.22. The summed E-state index contributed by atoms with van der Waals surface area (Å²) in [7, 11) is -1.44. The van der Waals surface area contributed by atoms with Gasteiger partial charge in [0, 0.05) is 5.41 Å². The molecule has 0 saturated heterocycles. The molecule has 0 spiro atoms. The summed E-state index contributed by atoms with van der Waals surface area (Å²) in [5.74, 6) is 0. The zero-order chi connectivity index (χ0) is 16.9. The summed E-state index contributed by atoms with van der Waals surface area (Å²) in [5.41, 5.74) is 7.62. The Morgan fingerprint density at radius 2 is 1.33 bits per heavy atom. The van der Waals surface area contributed by atoms with Gasteiger partial charge in [-0.05, 0) is 44.9 Å². The van der Waals surface area contributed by atoms with Crippen molar-refractivity contribution in [2.24, 2.45) is 0 Å². The maximum Gasteiger partial charge on any atom is 0.488 e. The molecule has 2 N–H and O–H groups in total. The van der Waals surface area contributed by atoms with Crippen LogP contribution in [0.15, 0.2) is 66.7 Å². The zero-order valence-electron chi connectivity index (χ0n) is 13.8. The Morgan fingerprint density at radius 1 is 0.708 bits per heavy atom. The zero-order valence-corrected chi connectivity index (χ0v) is 13.8. The molecule has 1 aliphatic carbocycles. The SMILES string of the molecule is CC1(C)c2cc(B(O)O)ccc2-c2ccc(-c3ccccc3)cc21. The molecule has 4 rings (SSSR count). The van der Waals surface area contributed by atoms with Crippen LogP contribution in [0.3, 0.4) is 0 Å². The van der Waals surface area contributed by atoms with Gasteiger partial charge in [-0.3, -0.25) is 0 Å². The summed E-state index contributed by atoms with van der Waals surface area (Å²) in [6.45, 7) is 4.39. The number of rotatable bonds is 2. The van der Waals surface area contributed by atoms with E-state index in [1.54, 1.807) is 6.07 Å². The molecule has 3 aromatic rings. The van der Waals surface area contributed by atoms with Gasteiger partial charge >= 0.3 is 7.12 Å². The summed E-state index contributed by atoms with van der Waals surface area (Å²) in [4.78, 5) is 0. The molecule has 0 bridgehead atoms. The lowest BCUT2D eigenvalue weighted by molar-refractivity contribution is 0.425. The molecule has 0 heterocycles. The van der Waals surface area contributed by atoms with Gasteiger partial charge in [0.1, 0.15) is 0 Å². The maximum atomic E-state index is 9.49. The van der Waals surface area contributed by atoms with E-state index in [1.165, 1.54) is 27.8 Å². The minimum atomic E-state index is -1.44. The fourth-order valence-electron chi connectivity index (χ4n) is 3.73. The van der Waals surface area contributed by atoms with E-state index in [1.807, 2.05) is 18.2 Å². The molecular weight excluding hydrogens is 295 g/mol. The van der Waals surface area contributed by atoms with Gasteiger partial charge in [0.15, 0.2) is 0 Å². The Morgan fingerprint density at radius 3 is 2.00 bits per heavy atom. The first-order valence-electron chi connectivity index (χ1n) is 8.19. The van der Waals surface area contributed by atoms with Gasteiger partial charge in [0.25, 0.3) is 0 Å². The number of benzene rings is 3. The first-order valence-corrected chi connectivity index (χ1v) is 8.19. The highest BCUT2D eigenvalue weighted by Gasteiger charge is 2.36. The predicted molar refractivity (Wildman–Crippen MR) is 99.3 cm³/mol. The van der Waals surface area contributed by atoms with Gasteiger partial charge in [-0.15, -0.1) is 0 Å². The van der Waals surface area contributed by atoms with Crippen LogP contribution in [0.5, 0.6) is 0 Å². The summed E-state index contributed by atoms with van der Waals surface area (Å²) >= 11 is 0. The minimum absolute atomic E-state index is 0.166. The van der Waals surface area contributed by atoms with Gasteiger partial charge in [-0.2, -0.15) is 0 Å². The molecular formula is C21H19BO2. The van der Waals surface area contributed by atoms with Crippen LogP contribution in [0.4, 0.5) is 0 Å². The molecule has 0 amide bonds. The van der Waals surface area contributed by atoms with E-state index in [0.29, 0.717) is 5.46 Å². The first-order chi connectivity index (χ1) is 11.5. The Labute approximate surface area is 142 Å². The van der Waals surface area contributed by atoms with E-state index in [2.05, 4.69) is 56.3 Å². The van der Waals surface area contributed by atoms with E-state index >= 15 is 0 Å². The van der Waals surface area contributed by atoms with Gasteiger partial charge in [0.05, 0.1) is 0 Å². The van der Waals surface area contributed by atoms with Gasteiger partial charge < -0.3 is 10.0 Å². The monoisotopic (exact) mass is 314 g/mol. The van der Waals surface area contributed by atoms with Crippen molar-refractivity contribution in [3.05, 3.63) is 77.9 Å². The molecule has 0 saturated carbocycles. The van der Waals surface area contributed by atoms with Crippen molar-refractivity contribution in [1.82, 2.24) is 0 Å². The average Bonchev–Trinajstić information content (AvgIpc) is 2.83. The third kappa shape index (κ3) is 2.21. The van der Waals surface area contributed by atoms with Crippen molar-refractivity contribution in [1.29, 1.82) is 0 Å². The Bertz CT molecular complexity index is 914. The van der Waals surface area contributed by atoms with Crippen LogP contribution in [-0.4, -0.2) is 17.2 Å².